The van der Waals surface area contributed by atoms with Gasteiger partial charge in [-0.3, -0.25) is 4.79 Å². The molecule has 0 radical (unpaired) electrons. The molecule has 1 aliphatic rings. The van der Waals surface area contributed by atoms with Gasteiger partial charge in [0.1, 0.15) is 12.4 Å². The zero-order valence-electron chi connectivity index (χ0n) is 15.8. The molecule has 140 valence electrons. The molecule has 29 heavy (non-hydrogen) atoms. The minimum absolute atomic E-state index is 0.0671. The SMILES string of the molecule is O=C1Nc2ccccc2/C1=C\c1ccc(OCc2cccc3ccccc23)cc1. The Kier molecular flexibility index (Phi) is 4.34. The normalized spacial score (nSPS) is 14.1. The Labute approximate surface area is 169 Å². The van der Waals surface area contributed by atoms with Gasteiger partial charge in [0.2, 0.25) is 0 Å². The number of benzene rings is 4. The molecule has 0 spiro atoms. The van der Waals surface area contributed by atoms with Crippen molar-refractivity contribution in [2.45, 2.75) is 6.61 Å². The quantitative estimate of drug-likeness (QED) is 0.449. The van der Waals surface area contributed by atoms with Gasteiger partial charge in [-0.15, -0.1) is 0 Å². The van der Waals surface area contributed by atoms with Gasteiger partial charge in [-0.25, -0.2) is 0 Å². The molecule has 1 amide bonds. The summed E-state index contributed by atoms with van der Waals surface area (Å²) in [6, 6.07) is 30.1. The van der Waals surface area contributed by atoms with Crippen LogP contribution in [0.15, 0.2) is 91.0 Å². The van der Waals surface area contributed by atoms with E-state index in [-0.39, 0.29) is 5.91 Å². The summed E-state index contributed by atoms with van der Waals surface area (Å²) in [7, 11) is 0. The van der Waals surface area contributed by atoms with E-state index in [4.69, 9.17) is 4.74 Å². The van der Waals surface area contributed by atoms with Crippen LogP contribution in [0.2, 0.25) is 0 Å². The average Bonchev–Trinajstić information content (AvgIpc) is 3.08. The summed E-state index contributed by atoms with van der Waals surface area (Å²) < 4.78 is 6.00. The van der Waals surface area contributed by atoms with E-state index in [9.17, 15) is 4.79 Å². The molecule has 3 heteroatoms. The van der Waals surface area contributed by atoms with Gasteiger partial charge in [0.05, 0.1) is 0 Å². The summed E-state index contributed by atoms with van der Waals surface area (Å²) in [4.78, 5) is 12.3. The van der Waals surface area contributed by atoms with Gasteiger partial charge in [-0.1, -0.05) is 72.8 Å². The van der Waals surface area contributed by atoms with Gasteiger partial charge in [-0.05, 0) is 46.2 Å². The van der Waals surface area contributed by atoms with Crippen LogP contribution in [0.1, 0.15) is 16.7 Å². The van der Waals surface area contributed by atoms with Crippen LogP contribution >= 0.6 is 0 Å². The van der Waals surface area contributed by atoms with Gasteiger partial charge in [-0.2, -0.15) is 0 Å². The van der Waals surface area contributed by atoms with Crippen LogP contribution in [0, 0.1) is 0 Å². The number of carbonyl (C=O) groups excluding carboxylic acids is 1. The summed E-state index contributed by atoms with van der Waals surface area (Å²) >= 11 is 0. The number of amides is 1. The highest BCUT2D eigenvalue weighted by molar-refractivity contribution is 6.34. The number of rotatable bonds is 4. The van der Waals surface area contributed by atoms with E-state index in [2.05, 4.69) is 35.6 Å². The van der Waals surface area contributed by atoms with Crippen molar-refractivity contribution < 1.29 is 9.53 Å². The first-order chi connectivity index (χ1) is 14.3. The van der Waals surface area contributed by atoms with Crippen molar-refractivity contribution in [2.24, 2.45) is 0 Å². The van der Waals surface area contributed by atoms with E-state index in [0.29, 0.717) is 12.2 Å². The number of carbonyl (C=O) groups is 1. The van der Waals surface area contributed by atoms with Crippen LogP contribution in [0.3, 0.4) is 0 Å². The molecule has 0 unspecified atom stereocenters. The predicted molar refractivity (Wildman–Crippen MR) is 118 cm³/mol. The Balaban J connectivity index is 1.34. The molecule has 4 aromatic carbocycles. The van der Waals surface area contributed by atoms with Crippen LogP contribution in [0.5, 0.6) is 5.75 Å². The van der Waals surface area contributed by atoms with Crippen molar-refractivity contribution in [3.63, 3.8) is 0 Å². The number of hydrogen-bond donors (Lipinski definition) is 1. The van der Waals surface area contributed by atoms with E-state index in [1.54, 1.807) is 0 Å². The highest BCUT2D eigenvalue weighted by Gasteiger charge is 2.23. The Morgan fingerprint density at radius 1 is 0.793 bits per heavy atom. The maximum Gasteiger partial charge on any atom is 0.256 e. The van der Waals surface area contributed by atoms with E-state index in [0.717, 1.165) is 28.1 Å². The fourth-order valence-electron chi connectivity index (χ4n) is 3.69. The highest BCUT2D eigenvalue weighted by Crippen LogP contribution is 2.32. The number of fused-ring (bicyclic) bond motifs is 2. The molecule has 1 N–H and O–H groups in total. The van der Waals surface area contributed by atoms with Crippen molar-refractivity contribution in [3.8, 4) is 5.75 Å². The van der Waals surface area contributed by atoms with Crippen molar-refractivity contribution in [3.05, 3.63) is 108 Å². The molecule has 0 aliphatic carbocycles. The molecule has 5 rings (SSSR count). The predicted octanol–water partition coefficient (Wildman–Crippen LogP) is 5.91. The molecule has 3 nitrogen and oxygen atoms in total. The van der Waals surface area contributed by atoms with E-state index in [1.807, 2.05) is 66.7 Å². The third-order valence-corrected chi connectivity index (χ3v) is 5.18. The topological polar surface area (TPSA) is 38.3 Å². The van der Waals surface area contributed by atoms with E-state index < -0.39 is 0 Å². The van der Waals surface area contributed by atoms with Crippen LogP contribution in [0.25, 0.3) is 22.4 Å². The fourth-order valence-corrected chi connectivity index (χ4v) is 3.69. The molecule has 0 aromatic heterocycles. The van der Waals surface area contributed by atoms with Crippen LogP contribution in [-0.4, -0.2) is 5.91 Å². The second-order valence-electron chi connectivity index (χ2n) is 7.05. The Morgan fingerprint density at radius 3 is 2.45 bits per heavy atom. The van der Waals surface area contributed by atoms with Crippen molar-refractivity contribution in [1.29, 1.82) is 0 Å². The summed E-state index contributed by atoms with van der Waals surface area (Å²) in [6.07, 6.45) is 1.91. The maximum absolute atomic E-state index is 12.3. The first-order valence-corrected chi connectivity index (χ1v) is 9.60. The second-order valence-corrected chi connectivity index (χ2v) is 7.05. The monoisotopic (exact) mass is 377 g/mol. The molecule has 0 saturated carbocycles. The summed E-state index contributed by atoms with van der Waals surface area (Å²) in [5.41, 5.74) is 4.61. The van der Waals surface area contributed by atoms with Crippen molar-refractivity contribution >= 4 is 34.0 Å². The zero-order chi connectivity index (χ0) is 19.6. The Hall–Kier alpha value is -3.85. The Bertz CT molecular complexity index is 1230. The number of anilines is 1. The first kappa shape index (κ1) is 17.3. The molecular formula is C26H19NO2. The summed E-state index contributed by atoms with van der Waals surface area (Å²) in [5, 5.41) is 5.32. The fraction of sp³-hybridized carbons (Fsp3) is 0.0385. The first-order valence-electron chi connectivity index (χ1n) is 9.60. The van der Waals surface area contributed by atoms with Crippen LogP contribution in [0.4, 0.5) is 5.69 Å². The molecule has 1 aliphatic heterocycles. The third kappa shape index (κ3) is 3.39. The highest BCUT2D eigenvalue weighted by atomic mass is 16.5. The minimum atomic E-state index is -0.0671. The van der Waals surface area contributed by atoms with Gasteiger partial charge < -0.3 is 10.1 Å². The maximum atomic E-state index is 12.3. The molecule has 1 heterocycles. The third-order valence-electron chi connectivity index (χ3n) is 5.18. The standard InChI is InChI=1S/C26H19NO2/c28-26-24(23-10-3-4-11-25(23)27-26)16-18-12-14-21(15-13-18)29-17-20-8-5-7-19-6-1-2-9-22(19)20/h1-16H,17H2,(H,27,28)/b24-16+. The van der Waals surface area contributed by atoms with Gasteiger partial charge >= 0.3 is 0 Å². The van der Waals surface area contributed by atoms with E-state index >= 15 is 0 Å². The largest absolute Gasteiger partial charge is 0.489 e. The number of ether oxygens (including phenoxy) is 1. The molecule has 0 fully saturated rings. The number of para-hydroxylation sites is 1. The second kappa shape index (κ2) is 7.28. The lowest BCUT2D eigenvalue weighted by Gasteiger charge is -2.09. The summed E-state index contributed by atoms with van der Waals surface area (Å²) in [6.45, 7) is 0.511. The molecule has 0 saturated heterocycles. The lowest BCUT2D eigenvalue weighted by molar-refractivity contribution is -0.110. The zero-order valence-corrected chi connectivity index (χ0v) is 15.8. The minimum Gasteiger partial charge on any atom is -0.489 e. The molecule has 0 atom stereocenters. The van der Waals surface area contributed by atoms with E-state index in [1.165, 1.54) is 10.8 Å². The smallest absolute Gasteiger partial charge is 0.256 e. The van der Waals surface area contributed by atoms with Crippen molar-refractivity contribution in [2.75, 3.05) is 5.32 Å². The van der Waals surface area contributed by atoms with Gasteiger partial charge in [0.15, 0.2) is 0 Å². The Morgan fingerprint density at radius 2 is 1.55 bits per heavy atom. The molecule has 0 bridgehead atoms. The van der Waals surface area contributed by atoms with Crippen LogP contribution < -0.4 is 10.1 Å². The number of hydrogen-bond acceptors (Lipinski definition) is 2. The van der Waals surface area contributed by atoms with Gasteiger partial charge in [0, 0.05) is 16.8 Å². The van der Waals surface area contributed by atoms with Gasteiger partial charge in [0.25, 0.3) is 5.91 Å². The summed E-state index contributed by atoms with van der Waals surface area (Å²) in [5.74, 6) is 0.735. The average molecular weight is 377 g/mol. The lowest BCUT2D eigenvalue weighted by Crippen LogP contribution is -2.03. The van der Waals surface area contributed by atoms with Crippen molar-refractivity contribution in [1.82, 2.24) is 0 Å². The lowest BCUT2D eigenvalue weighted by atomic mass is 10.0. The molecule has 4 aromatic rings. The number of nitrogens with one attached hydrogen (secondary N) is 1. The van der Waals surface area contributed by atoms with Crippen LogP contribution in [-0.2, 0) is 11.4 Å². The molecular weight excluding hydrogens is 358 g/mol.